The maximum absolute atomic E-state index is 12.6. The van der Waals surface area contributed by atoms with Crippen LogP contribution in [0, 0.1) is 0 Å². The molecule has 8 heteroatoms. The Morgan fingerprint density at radius 3 is 2.33 bits per heavy atom. The number of hydrogen-bond acceptors (Lipinski definition) is 3. The molecule has 0 aliphatic carbocycles. The Hall–Kier alpha value is -0.760. The van der Waals surface area contributed by atoms with Gasteiger partial charge in [0.2, 0.25) is 0 Å². The monoisotopic (exact) mass is 327 g/mol. The van der Waals surface area contributed by atoms with E-state index in [-0.39, 0.29) is 25.9 Å². The summed E-state index contributed by atoms with van der Waals surface area (Å²) in [6, 6.07) is 1.75. The van der Waals surface area contributed by atoms with Gasteiger partial charge in [0.15, 0.2) is 5.60 Å². The van der Waals surface area contributed by atoms with Crippen molar-refractivity contribution in [2.75, 3.05) is 18.0 Å². The molecule has 4 nitrogen and oxygen atoms in total. The zero-order valence-electron chi connectivity index (χ0n) is 9.71. The van der Waals surface area contributed by atoms with Crippen molar-refractivity contribution in [2.24, 2.45) is 7.05 Å². The average Bonchev–Trinajstić information content (AvgIpc) is 2.57. The third kappa shape index (κ3) is 2.35. The Balaban J connectivity index is 2.10. The molecule has 18 heavy (non-hydrogen) atoms. The first-order chi connectivity index (χ1) is 8.23. The van der Waals surface area contributed by atoms with Crippen molar-refractivity contribution in [1.29, 1.82) is 0 Å². The SMILES string of the molecule is Cn1nc(Br)cc1N1CCC(O)(C(F)(F)F)CC1. The van der Waals surface area contributed by atoms with Gasteiger partial charge in [-0.1, -0.05) is 0 Å². The number of rotatable bonds is 1. The van der Waals surface area contributed by atoms with Crippen molar-refractivity contribution < 1.29 is 18.3 Å². The number of hydrogen-bond donors (Lipinski definition) is 1. The first kappa shape index (κ1) is 13.7. The van der Waals surface area contributed by atoms with Gasteiger partial charge >= 0.3 is 6.18 Å². The molecule has 1 aliphatic heterocycles. The Morgan fingerprint density at radius 2 is 1.94 bits per heavy atom. The van der Waals surface area contributed by atoms with Gasteiger partial charge in [-0.15, -0.1) is 0 Å². The summed E-state index contributed by atoms with van der Waals surface area (Å²) >= 11 is 3.22. The van der Waals surface area contributed by atoms with E-state index in [9.17, 15) is 18.3 Å². The highest BCUT2D eigenvalue weighted by Gasteiger charge is 2.54. The van der Waals surface area contributed by atoms with E-state index in [1.165, 1.54) is 0 Å². The lowest BCUT2D eigenvalue weighted by atomic mass is 9.91. The molecule has 2 rings (SSSR count). The second-order valence-corrected chi connectivity index (χ2v) is 5.28. The van der Waals surface area contributed by atoms with Crippen molar-refractivity contribution in [3.05, 3.63) is 10.7 Å². The van der Waals surface area contributed by atoms with Crippen LogP contribution in [0.25, 0.3) is 0 Å². The van der Waals surface area contributed by atoms with Crippen LogP contribution in [0.3, 0.4) is 0 Å². The van der Waals surface area contributed by atoms with E-state index >= 15 is 0 Å². The van der Waals surface area contributed by atoms with Gasteiger partial charge in [-0.25, -0.2) is 0 Å². The second-order valence-electron chi connectivity index (χ2n) is 4.47. The van der Waals surface area contributed by atoms with Gasteiger partial charge in [0.05, 0.1) is 0 Å². The molecular formula is C10H13BrF3N3O. The molecule has 0 spiro atoms. The van der Waals surface area contributed by atoms with Gasteiger partial charge in [0, 0.05) is 39.0 Å². The lowest BCUT2D eigenvalue weighted by Crippen LogP contribution is -2.53. The fourth-order valence-corrected chi connectivity index (χ4v) is 2.55. The number of aliphatic hydroxyl groups is 1. The highest BCUT2D eigenvalue weighted by Crippen LogP contribution is 2.39. The van der Waals surface area contributed by atoms with Gasteiger partial charge in [-0.3, -0.25) is 4.68 Å². The van der Waals surface area contributed by atoms with E-state index in [1.807, 2.05) is 0 Å². The molecule has 2 heterocycles. The normalized spacial score (nSPS) is 20.2. The molecule has 1 N–H and O–H groups in total. The van der Waals surface area contributed by atoms with E-state index < -0.39 is 11.8 Å². The summed E-state index contributed by atoms with van der Waals surface area (Å²) in [6.45, 7) is 0.309. The maximum Gasteiger partial charge on any atom is 0.417 e. The van der Waals surface area contributed by atoms with Crippen molar-refractivity contribution in [3.63, 3.8) is 0 Å². The Morgan fingerprint density at radius 1 is 1.39 bits per heavy atom. The van der Waals surface area contributed by atoms with Crippen LogP contribution in [0.15, 0.2) is 10.7 Å². The van der Waals surface area contributed by atoms with E-state index in [4.69, 9.17) is 0 Å². The Bertz CT molecular complexity index is 438. The zero-order chi connectivity index (χ0) is 13.6. The molecule has 0 aromatic carbocycles. The minimum absolute atomic E-state index is 0.155. The van der Waals surface area contributed by atoms with Crippen LogP contribution in [0.1, 0.15) is 12.8 Å². The van der Waals surface area contributed by atoms with Crippen LogP contribution in [-0.4, -0.2) is 39.8 Å². The fourth-order valence-electron chi connectivity index (χ4n) is 2.11. The largest absolute Gasteiger partial charge is 0.417 e. The van der Waals surface area contributed by atoms with E-state index in [1.54, 1.807) is 22.7 Å². The Labute approximate surface area is 111 Å². The molecule has 1 aliphatic rings. The van der Waals surface area contributed by atoms with E-state index in [2.05, 4.69) is 21.0 Å². The fraction of sp³-hybridized carbons (Fsp3) is 0.700. The van der Waals surface area contributed by atoms with Crippen LogP contribution in [0.5, 0.6) is 0 Å². The number of aryl methyl sites for hydroxylation is 1. The Kier molecular flexibility index (Phi) is 3.35. The minimum atomic E-state index is -4.56. The highest BCUT2D eigenvalue weighted by atomic mass is 79.9. The van der Waals surface area contributed by atoms with Crippen molar-refractivity contribution in [3.8, 4) is 0 Å². The van der Waals surface area contributed by atoms with Gasteiger partial charge in [0.1, 0.15) is 10.4 Å². The second kappa shape index (κ2) is 4.41. The molecule has 102 valence electrons. The quantitative estimate of drug-likeness (QED) is 0.858. The molecule has 1 aromatic rings. The number of alkyl halides is 3. The lowest BCUT2D eigenvalue weighted by molar-refractivity contribution is -0.266. The van der Waals surface area contributed by atoms with Crippen LogP contribution in [0.4, 0.5) is 19.0 Å². The summed E-state index contributed by atoms with van der Waals surface area (Å²) in [7, 11) is 1.73. The molecule has 0 radical (unpaired) electrons. The third-order valence-electron chi connectivity index (χ3n) is 3.27. The highest BCUT2D eigenvalue weighted by molar-refractivity contribution is 9.10. The van der Waals surface area contributed by atoms with Gasteiger partial charge < -0.3 is 10.0 Å². The summed E-state index contributed by atoms with van der Waals surface area (Å²) < 4.78 is 40.2. The van der Waals surface area contributed by atoms with Crippen LogP contribution in [0.2, 0.25) is 0 Å². The van der Waals surface area contributed by atoms with E-state index in [0.717, 1.165) is 5.82 Å². The predicted octanol–water partition coefficient (Wildman–Crippen LogP) is 2.08. The molecule has 1 saturated heterocycles. The molecule has 0 amide bonds. The first-order valence-corrected chi connectivity index (χ1v) is 6.26. The summed E-state index contributed by atoms with van der Waals surface area (Å²) in [5.74, 6) is 0.742. The maximum atomic E-state index is 12.6. The van der Waals surface area contributed by atoms with Gasteiger partial charge in [0.25, 0.3) is 0 Å². The third-order valence-corrected chi connectivity index (χ3v) is 3.66. The lowest BCUT2D eigenvalue weighted by Gasteiger charge is -2.39. The number of aromatic nitrogens is 2. The summed E-state index contributed by atoms with van der Waals surface area (Å²) in [4.78, 5) is 1.79. The number of piperidine rings is 1. The van der Waals surface area contributed by atoms with Crippen LogP contribution >= 0.6 is 15.9 Å². The minimum Gasteiger partial charge on any atom is -0.380 e. The summed E-state index contributed by atoms with van der Waals surface area (Å²) in [5, 5.41) is 13.6. The van der Waals surface area contributed by atoms with Crippen molar-refractivity contribution in [2.45, 2.75) is 24.6 Å². The van der Waals surface area contributed by atoms with Gasteiger partial charge in [-0.2, -0.15) is 18.3 Å². The van der Waals surface area contributed by atoms with Crippen LogP contribution in [-0.2, 0) is 7.05 Å². The number of anilines is 1. The van der Waals surface area contributed by atoms with Crippen molar-refractivity contribution >= 4 is 21.7 Å². The molecule has 0 bridgehead atoms. The van der Waals surface area contributed by atoms with E-state index in [0.29, 0.717) is 4.60 Å². The predicted molar refractivity (Wildman–Crippen MR) is 63.4 cm³/mol. The summed E-state index contributed by atoms with van der Waals surface area (Å²) in [5.41, 5.74) is -2.56. The van der Waals surface area contributed by atoms with Gasteiger partial charge in [-0.05, 0) is 15.9 Å². The number of nitrogens with zero attached hydrogens (tertiary/aromatic N) is 3. The molecule has 1 aromatic heterocycles. The molecule has 0 atom stereocenters. The topological polar surface area (TPSA) is 41.3 Å². The number of halogens is 4. The van der Waals surface area contributed by atoms with Crippen LogP contribution < -0.4 is 4.90 Å². The molecule has 1 fully saturated rings. The smallest absolute Gasteiger partial charge is 0.380 e. The first-order valence-electron chi connectivity index (χ1n) is 5.46. The molecule has 0 saturated carbocycles. The molecular weight excluding hydrogens is 315 g/mol. The molecule has 0 unspecified atom stereocenters. The van der Waals surface area contributed by atoms with Crippen molar-refractivity contribution in [1.82, 2.24) is 9.78 Å². The standard InChI is InChI=1S/C10H13BrF3N3O/c1-16-8(6-7(11)15-16)17-4-2-9(18,3-5-17)10(12,13)14/h6,18H,2-5H2,1H3. The summed E-state index contributed by atoms with van der Waals surface area (Å²) in [6.07, 6.45) is -5.20. The zero-order valence-corrected chi connectivity index (χ0v) is 11.3. The average molecular weight is 328 g/mol.